The predicted octanol–water partition coefficient (Wildman–Crippen LogP) is 1.50. The fraction of sp³-hybridized carbons (Fsp3) is 0.667. The first-order valence-electron chi connectivity index (χ1n) is 7.71. The van der Waals surface area contributed by atoms with E-state index >= 15 is 0 Å². The van der Waals surface area contributed by atoms with Gasteiger partial charge in [0.1, 0.15) is 5.84 Å². The van der Waals surface area contributed by atoms with E-state index in [2.05, 4.69) is 35.9 Å². The second-order valence-corrected chi connectivity index (χ2v) is 5.28. The van der Waals surface area contributed by atoms with Gasteiger partial charge in [-0.15, -0.1) is 5.10 Å². The third-order valence-corrected chi connectivity index (χ3v) is 4.07. The minimum Gasteiger partial charge on any atom is -0.384 e. The molecule has 0 amide bonds. The second-order valence-electron chi connectivity index (χ2n) is 5.28. The molecule has 2 rings (SSSR count). The number of rotatable bonds is 5. The molecule has 1 unspecified atom stereocenters. The third-order valence-electron chi connectivity index (χ3n) is 4.07. The maximum absolute atomic E-state index is 7.99. The fourth-order valence-corrected chi connectivity index (χ4v) is 2.92. The molecule has 2 heterocycles. The van der Waals surface area contributed by atoms with Crippen molar-refractivity contribution in [3.8, 4) is 0 Å². The molecule has 1 atom stereocenters. The van der Waals surface area contributed by atoms with Gasteiger partial charge >= 0.3 is 0 Å². The molecule has 0 saturated carbocycles. The van der Waals surface area contributed by atoms with Gasteiger partial charge in [0.25, 0.3) is 0 Å². The summed E-state index contributed by atoms with van der Waals surface area (Å²) in [4.78, 5) is 2.20. The summed E-state index contributed by atoms with van der Waals surface area (Å²) in [5, 5.41) is 16.8. The van der Waals surface area contributed by atoms with Crippen molar-refractivity contribution < 1.29 is 4.74 Å². The van der Waals surface area contributed by atoms with Crippen molar-refractivity contribution in [1.82, 2.24) is 10.2 Å². The van der Waals surface area contributed by atoms with Gasteiger partial charge in [0.15, 0.2) is 5.82 Å². The lowest BCUT2D eigenvalue weighted by atomic mass is 10.0. The van der Waals surface area contributed by atoms with E-state index in [1.807, 2.05) is 0 Å². The number of anilines is 1. The molecule has 116 valence electrons. The zero-order valence-corrected chi connectivity index (χ0v) is 13.1. The summed E-state index contributed by atoms with van der Waals surface area (Å²) in [6, 6.07) is 0.267. The van der Waals surface area contributed by atoms with Crippen LogP contribution in [0.3, 0.4) is 0 Å². The van der Waals surface area contributed by atoms with Gasteiger partial charge < -0.3 is 15.4 Å². The van der Waals surface area contributed by atoms with Crippen LogP contribution in [-0.2, 0) is 17.6 Å². The number of nitrogen functional groups attached to an aromatic ring is 1. The average Bonchev–Trinajstić information content (AvgIpc) is 2.52. The highest BCUT2D eigenvalue weighted by Crippen LogP contribution is 2.27. The third kappa shape index (κ3) is 3.00. The lowest BCUT2D eigenvalue weighted by Gasteiger charge is -2.37. The van der Waals surface area contributed by atoms with Crippen LogP contribution in [0.4, 0.5) is 5.82 Å². The smallest absolute Gasteiger partial charge is 0.162 e. The SMILES string of the molecule is CCc1nnc(N2CCOCC2CC)c(C(=N)N)c1CC. The van der Waals surface area contributed by atoms with Crippen LogP contribution >= 0.6 is 0 Å². The zero-order chi connectivity index (χ0) is 15.4. The van der Waals surface area contributed by atoms with Crippen molar-refractivity contribution in [2.24, 2.45) is 5.73 Å². The molecule has 0 aromatic carbocycles. The number of hydrogen-bond donors (Lipinski definition) is 2. The summed E-state index contributed by atoms with van der Waals surface area (Å²) in [6.07, 6.45) is 2.58. The van der Waals surface area contributed by atoms with E-state index in [0.29, 0.717) is 13.2 Å². The van der Waals surface area contributed by atoms with Gasteiger partial charge in [0, 0.05) is 6.54 Å². The first kappa shape index (κ1) is 15.7. The van der Waals surface area contributed by atoms with Crippen molar-refractivity contribution in [2.75, 3.05) is 24.7 Å². The summed E-state index contributed by atoms with van der Waals surface area (Å²) in [6.45, 7) is 8.38. The maximum Gasteiger partial charge on any atom is 0.162 e. The molecular weight excluding hydrogens is 266 g/mol. The van der Waals surface area contributed by atoms with Crippen molar-refractivity contribution in [2.45, 2.75) is 46.1 Å². The van der Waals surface area contributed by atoms with Crippen LogP contribution in [0.25, 0.3) is 0 Å². The summed E-state index contributed by atoms with van der Waals surface area (Å²) < 4.78 is 5.55. The Bertz CT molecular complexity index is 517. The van der Waals surface area contributed by atoms with Gasteiger partial charge in [-0.3, -0.25) is 5.41 Å². The Labute approximate surface area is 126 Å². The van der Waals surface area contributed by atoms with Crippen LogP contribution in [0.15, 0.2) is 0 Å². The van der Waals surface area contributed by atoms with Gasteiger partial charge in [0.05, 0.1) is 30.5 Å². The van der Waals surface area contributed by atoms with E-state index in [1.54, 1.807) is 0 Å². The highest BCUT2D eigenvalue weighted by Gasteiger charge is 2.28. The Kier molecular flexibility index (Phi) is 5.12. The first-order valence-corrected chi connectivity index (χ1v) is 7.71. The summed E-state index contributed by atoms with van der Waals surface area (Å²) >= 11 is 0. The van der Waals surface area contributed by atoms with Crippen LogP contribution in [-0.4, -0.2) is 41.8 Å². The molecule has 21 heavy (non-hydrogen) atoms. The lowest BCUT2D eigenvalue weighted by Crippen LogP contribution is -2.46. The van der Waals surface area contributed by atoms with E-state index in [9.17, 15) is 0 Å². The van der Waals surface area contributed by atoms with Gasteiger partial charge in [-0.25, -0.2) is 0 Å². The Balaban J connectivity index is 2.54. The number of ether oxygens (including phenoxy) is 1. The molecular formula is C15H25N5O. The fourth-order valence-electron chi connectivity index (χ4n) is 2.92. The normalized spacial score (nSPS) is 18.8. The van der Waals surface area contributed by atoms with E-state index in [0.717, 1.165) is 48.4 Å². The Morgan fingerprint density at radius 3 is 2.67 bits per heavy atom. The second kappa shape index (κ2) is 6.85. The molecule has 1 aromatic rings. The Morgan fingerprint density at radius 2 is 2.10 bits per heavy atom. The van der Waals surface area contributed by atoms with Crippen molar-refractivity contribution >= 4 is 11.7 Å². The monoisotopic (exact) mass is 291 g/mol. The number of nitrogens with zero attached hydrogens (tertiary/aromatic N) is 3. The average molecular weight is 291 g/mol. The number of aromatic nitrogens is 2. The minimum absolute atomic E-state index is 0.0767. The molecule has 0 bridgehead atoms. The van der Waals surface area contributed by atoms with E-state index < -0.39 is 0 Å². The van der Waals surface area contributed by atoms with E-state index in [4.69, 9.17) is 15.9 Å². The lowest BCUT2D eigenvalue weighted by molar-refractivity contribution is 0.0924. The van der Waals surface area contributed by atoms with Crippen LogP contribution in [0.1, 0.15) is 44.0 Å². The number of aryl methyl sites for hydroxylation is 1. The molecule has 1 fully saturated rings. The number of hydrogen-bond acceptors (Lipinski definition) is 5. The first-order chi connectivity index (χ1) is 10.1. The maximum atomic E-state index is 7.99. The van der Waals surface area contributed by atoms with Crippen LogP contribution < -0.4 is 10.6 Å². The largest absolute Gasteiger partial charge is 0.384 e. The molecule has 1 aliphatic rings. The summed E-state index contributed by atoms with van der Waals surface area (Å²) in [5.41, 5.74) is 8.61. The van der Waals surface area contributed by atoms with Gasteiger partial charge in [0.2, 0.25) is 0 Å². The highest BCUT2D eigenvalue weighted by atomic mass is 16.5. The van der Waals surface area contributed by atoms with Crippen LogP contribution in [0, 0.1) is 5.41 Å². The van der Waals surface area contributed by atoms with Crippen LogP contribution in [0.2, 0.25) is 0 Å². The quantitative estimate of drug-likeness (QED) is 0.634. The van der Waals surface area contributed by atoms with Crippen molar-refractivity contribution in [3.05, 3.63) is 16.8 Å². The molecule has 6 nitrogen and oxygen atoms in total. The number of nitrogens with one attached hydrogen (secondary N) is 1. The number of nitrogens with two attached hydrogens (primary N) is 1. The molecule has 3 N–H and O–H groups in total. The summed E-state index contributed by atoms with van der Waals surface area (Å²) in [5.74, 6) is 0.819. The molecule has 1 saturated heterocycles. The molecule has 0 radical (unpaired) electrons. The van der Waals surface area contributed by atoms with Gasteiger partial charge in [-0.1, -0.05) is 20.8 Å². The van der Waals surface area contributed by atoms with Crippen LogP contribution in [0.5, 0.6) is 0 Å². The van der Waals surface area contributed by atoms with Gasteiger partial charge in [-0.05, 0) is 24.8 Å². The van der Waals surface area contributed by atoms with E-state index in [1.165, 1.54) is 0 Å². The number of morpholine rings is 1. The van der Waals surface area contributed by atoms with E-state index in [-0.39, 0.29) is 11.9 Å². The Morgan fingerprint density at radius 1 is 1.33 bits per heavy atom. The molecule has 0 spiro atoms. The summed E-state index contributed by atoms with van der Waals surface area (Å²) in [7, 11) is 0. The van der Waals surface area contributed by atoms with Crippen molar-refractivity contribution in [1.29, 1.82) is 5.41 Å². The zero-order valence-electron chi connectivity index (χ0n) is 13.1. The topological polar surface area (TPSA) is 88.1 Å². The van der Waals surface area contributed by atoms with Gasteiger partial charge in [-0.2, -0.15) is 5.10 Å². The van der Waals surface area contributed by atoms with Crippen molar-refractivity contribution in [3.63, 3.8) is 0 Å². The molecule has 1 aliphatic heterocycles. The molecule has 6 heteroatoms. The number of amidine groups is 1. The predicted molar refractivity (Wildman–Crippen MR) is 84.0 cm³/mol. The standard InChI is InChI=1S/C15H25N5O/c1-4-10-9-21-8-7-20(10)15-13(14(16)17)11(5-2)12(6-3)18-19-15/h10H,4-9H2,1-3H3,(H3,16,17). The molecule has 1 aromatic heterocycles. The highest BCUT2D eigenvalue weighted by molar-refractivity contribution is 6.01. The molecule has 0 aliphatic carbocycles. The Hall–Kier alpha value is -1.69. The minimum atomic E-state index is 0.0767.